The minimum Gasteiger partial charge on any atom is -1.00 e. The molecule has 4 saturated heterocycles. The number of carbonyl (C=O) groups is 3. The summed E-state index contributed by atoms with van der Waals surface area (Å²) in [6.45, 7) is 4.39. The zero-order valence-electron chi connectivity index (χ0n) is 64.7. The second-order valence-corrected chi connectivity index (χ2v) is 32.5. The maximum Gasteiger partial charge on any atom is 1.00 e. The number of hydrogen-bond acceptors (Lipinski definition) is 12. The summed E-state index contributed by atoms with van der Waals surface area (Å²) < 4.78 is 123. The van der Waals surface area contributed by atoms with Crippen LogP contribution in [0.4, 0.5) is 13.2 Å². The molecule has 3 radical (unpaired) electrons. The van der Waals surface area contributed by atoms with Crippen LogP contribution in [0.2, 0.25) is 0 Å². The van der Waals surface area contributed by atoms with Crippen LogP contribution in [-0.4, -0.2) is 142 Å². The Morgan fingerprint density at radius 3 is 1.27 bits per heavy atom. The van der Waals surface area contributed by atoms with E-state index in [9.17, 15) is 41.1 Å². The molecule has 1 unspecified atom stereocenters. The Labute approximate surface area is 636 Å². The molecule has 100 heavy (non-hydrogen) atoms. The number of halogens is 5. The van der Waals surface area contributed by atoms with Crippen LogP contribution in [-0.2, 0) is 81.1 Å². The molecule has 8 aliphatic carbocycles. The van der Waals surface area contributed by atoms with Gasteiger partial charge in [-0.15, -0.1) is 23.2 Å². The molecule has 2 N–H and O–H groups in total. The fourth-order valence-corrected chi connectivity index (χ4v) is 22.0. The quantitative estimate of drug-likeness (QED) is 0.0375. The van der Waals surface area contributed by atoms with Gasteiger partial charge in [0.15, 0.2) is 0 Å². The molecule has 4 saturated carbocycles. The first-order chi connectivity index (χ1) is 48.6. The first-order valence-electron chi connectivity index (χ1n) is 37.9. The second kappa shape index (κ2) is 33.4. The van der Waals surface area contributed by atoms with Crippen LogP contribution in [0, 0.1) is 37.4 Å². The number of likely N-dealkylation sites (tertiary alicyclic amines) is 4. The van der Waals surface area contributed by atoms with Crippen molar-refractivity contribution in [1.82, 2.24) is 19.6 Å². The Balaban J connectivity index is 0.000000215. The molecule has 8 bridgehead atoms. The van der Waals surface area contributed by atoms with Gasteiger partial charge < -0.3 is 35.2 Å². The van der Waals surface area contributed by atoms with Gasteiger partial charge in [-0.1, -0.05) is 118 Å². The number of alkyl halides is 5. The van der Waals surface area contributed by atoms with Gasteiger partial charge in [0.1, 0.15) is 11.5 Å². The van der Waals surface area contributed by atoms with Crippen molar-refractivity contribution in [3.8, 4) is 11.5 Å². The molecule has 24 heteroatoms. The van der Waals surface area contributed by atoms with Crippen molar-refractivity contribution in [3.63, 3.8) is 0 Å². The summed E-state index contributed by atoms with van der Waals surface area (Å²) in [6.07, 6.45) is 26.4. The van der Waals surface area contributed by atoms with Crippen molar-refractivity contribution in [1.29, 1.82) is 0 Å². The Morgan fingerprint density at radius 2 is 0.920 bits per heavy atom. The Bertz CT molecular complexity index is 3960. The standard InChI is InChI=1S/C19H22F3NO4S.C19H25NO.C18H23NO2.C18H25N.CH2Cl2.CH4.Al.Li.HO4P.H2.H/c1-12(24)23-9-8-18-7-3-2-4-15(18)17(23)10-13-5-6-14(11-16(13)18)27-28(25,26)19(20,21)22;1-13-6-7-15-12-18-16-5-3-4-8-19(16,17(15)11-13)9-10-20(18)14(2)21;1-12(20)19-9-8-18-7-3-2-4-15(18)17(19)10-13-5-6-14(21)11-16(13)18;1-13-6-7-14-12-17-15-5-3-4-8-18(15,16(14)11-13)9-10-19(17)2;2-1-3;;;;1-4-5(2)3;;/h5-6,11,15,17H,2-4,7-10H2,1H3;6-7,11,16,18H,3-5,8-10,12H2,1-2H3;5-6,11,15,17,21H,2-4,7-10H2,1H3;6-7,11,15,17H,3-5,8-10,12H2,1-2H3;1H2;1H4;;;1H;1H;/q;;;;;;;+1;;;-1/t15-,17+,18+;16-,18+,19+;2*15-,17+,18+;;;;;;;/m1111......./s1/i;1D3;;1D3;;;;;;;. The van der Waals surface area contributed by atoms with Crippen LogP contribution in [0.25, 0.3) is 0 Å². The van der Waals surface area contributed by atoms with Crippen LogP contribution < -0.4 is 27.9 Å². The summed E-state index contributed by atoms with van der Waals surface area (Å²) >= 11 is 9.53. The van der Waals surface area contributed by atoms with Crippen LogP contribution >= 0.6 is 31.5 Å². The molecule has 16 rings (SSSR count). The van der Waals surface area contributed by atoms with Crippen molar-refractivity contribution < 1.29 is 94.6 Å². The summed E-state index contributed by atoms with van der Waals surface area (Å²) in [6, 6.07) is 23.4. The van der Waals surface area contributed by atoms with Gasteiger partial charge in [0.2, 0.25) is 17.7 Å². The number of amides is 3. The normalized spacial score (nSPS) is 31.6. The largest absolute Gasteiger partial charge is 1.00 e. The maximum absolute atomic E-state index is 12.7. The van der Waals surface area contributed by atoms with Crippen molar-refractivity contribution in [3.05, 3.63) is 128 Å². The Morgan fingerprint density at radius 1 is 0.600 bits per heavy atom. The van der Waals surface area contributed by atoms with Gasteiger partial charge >= 0.3 is 42.7 Å². The molecule has 4 aromatic carbocycles. The van der Waals surface area contributed by atoms with E-state index < -0.39 is 37.6 Å². The van der Waals surface area contributed by atoms with Gasteiger partial charge in [-0.3, -0.25) is 14.4 Å². The molecule has 0 spiro atoms. The maximum atomic E-state index is 12.7. The van der Waals surface area contributed by atoms with Crippen molar-refractivity contribution >= 4 is 76.7 Å². The third-order valence-corrected chi connectivity index (χ3v) is 26.5. The van der Waals surface area contributed by atoms with Gasteiger partial charge in [-0.2, -0.15) is 21.6 Å². The van der Waals surface area contributed by atoms with E-state index in [4.69, 9.17) is 46.1 Å². The summed E-state index contributed by atoms with van der Waals surface area (Å²) in [5.41, 5.74) is 5.77. The number of fused-ring (bicyclic) bond motifs is 4. The van der Waals surface area contributed by atoms with Crippen molar-refractivity contribution in [2.45, 2.75) is 247 Å². The molecule has 545 valence electrons. The van der Waals surface area contributed by atoms with Gasteiger partial charge in [0, 0.05) is 118 Å². The summed E-state index contributed by atoms with van der Waals surface area (Å²) in [4.78, 5) is 53.9. The van der Waals surface area contributed by atoms with E-state index in [-0.39, 0.29) is 109 Å². The number of aryl methyl sites for hydroxylation is 2. The number of likely N-dealkylation sites (N-methyl/N-ethyl adjacent to an activating group) is 1. The molecule has 12 aliphatic rings. The van der Waals surface area contributed by atoms with E-state index in [1.807, 2.05) is 35.2 Å². The zero-order chi connectivity index (χ0) is 74.6. The van der Waals surface area contributed by atoms with Gasteiger partial charge in [0.25, 0.3) is 0 Å². The van der Waals surface area contributed by atoms with E-state index >= 15 is 0 Å². The Hall–Kier alpha value is -3.72. The van der Waals surface area contributed by atoms with E-state index in [0.717, 1.165) is 114 Å². The second-order valence-electron chi connectivity index (χ2n) is 29.5. The molecular weight excluding hydrogens is 1370 g/mol. The first-order valence-corrected chi connectivity index (χ1v) is 38.5. The van der Waals surface area contributed by atoms with E-state index in [1.165, 1.54) is 116 Å². The van der Waals surface area contributed by atoms with Crippen LogP contribution in [0.1, 0.15) is 223 Å². The molecule has 4 aliphatic heterocycles. The number of piperidine rings is 4. The third kappa shape index (κ3) is 15.7. The smallest absolute Gasteiger partial charge is 1.00 e. The fourth-order valence-electron chi connectivity index (χ4n) is 21.6. The van der Waals surface area contributed by atoms with Crippen LogP contribution in [0.15, 0.2) is 72.8 Å². The number of phenols is 1. The topological polar surface area (TPSA) is 197 Å². The number of rotatable bonds is 3. The molecule has 13 atom stereocenters. The average Bonchev–Trinajstić information content (AvgIpc) is 0.732. The molecular formula is C76H105AlCl2F3LiN4O11PS. The predicted molar refractivity (Wildman–Crippen MR) is 384 cm³/mol. The number of phenolic OH excluding ortho intramolecular Hbond substituents is 1. The number of nitrogens with zero attached hydrogens (tertiary/aromatic N) is 4. The minimum atomic E-state index is -5.70. The Kier molecular flexibility index (Phi) is 24.4. The molecule has 4 aromatic rings. The van der Waals surface area contributed by atoms with Crippen LogP contribution in [0.5, 0.6) is 11.5 Å². The third-order valence-electron chi connectivity index (χ3n) is 25.3. The number of benzene rings is 4. The summed E-state index contributed by atoms with van der Waals surface area (Å²) in [7, 11) is -6.48. The van der Waals surface area contributed by atoms with E-state index in [2.05, 4.69) is 42.7 Å². The molecule has 4 heterocycles. The fraction of sp³-hybridized carbons (Fsp3) is 0.645. The van der Waals surface area contributed by atoms with Crippen molar-refractivity contribution in [2.24, 2.45) is 23.7 Å². The summed E-state index contributed by atoms with van der Waals surface area (Å²) in [5.74, 6) is 2.57. The monoisotopic (exact) mass is 1480 g/mol. The SMILES string of the molecule is C.CC(=O)N1CC[C@@]23CCCC[C@@H]2[C@@H]1Cc1ccc(O)cc13.CC(=O)N1CC[C@@]23CCCC[C@@H]2[C@@H]1Cc1ccc(OS(=O)(=O)C(F)(F)F)cc13.ClCCl.O=[P+]([O-])OO.[2H]C([2H])([2H])c1ccc2c(c1)[C@]13CCCC[C@@H]1[C@H](C2)N(C(C)=O)CC3.[2H]C([2H])([2H])c1ccc2c(c1)[C@]13CCCC[C@@H]1[C@H](C2)N(C)CC3.[Al].[H-].[HH].[Li+]. The van der Waals surface area contributed by atoms with Gasteiger partial charge in [-0.25, -0.2) is 5.26 Å². The molecule has 15 nitrogen and oxygen atoms in total. The molecule has 8 fully saturated rings. The predicted octanol–water partition coefficient (Wildman–Crippen LogP) is 12.3. The first kappa shape index (κ1) is 73.2. The van der Waals surface area contributed by atoms with Crippen LogP contribution in [0.3, 0.4) is 0 Å². The number of carbonyl (C=O) groups excluding carboxylic acids is 3. The summed E-state index contributed by atoms with van der Waals surface area (Å²) in [5, 5.41) is 17.2. The number of aromatic hydroxyl groups is 1. The minimum absolute atomic E-state index is 0. The van der Waals surface area contributed by atoms with Gasteiger partial charge in [-0.05, 0) is 227 Å². The van der Waals surface area contributed by atoms with Gasteiger partial charge in [0.05, 0.1) is 5.34 Å². The molecule has 0 aromatic heterocycles. The van der Waals surface area contributed by atoms with Crippen molar-refractivity contribution in [2.75, 3.05) is 38.6 Å². The van der Waals surface area contributed by atoms with E-state index in [0.29, 0.717) is 59.8 Å². The molecule has 3 amide bonds. The average molecular weight is 1480 g/mol. The van der Waals surface area contributed by atoms with E-state index in [1.54, 1.807) is 39.0 Å². The number of hydrogen-bond donors (Lipinski definition) is 2. The zero-order valence-corrected chi connectivity index (χ0v) is 62.1.